The van der Waals surface area contributed by atoms with Gasteiger partial charge < -0.3 is 4.43 Å². The normalized spacial score (nSPS) is 12.5. The Kier molecular flexibility index (Phi) is 6.12. The first-order valence-electron chi connectivity index (χ1n) is 7.18. The Morgan fingerprint density at radius 3 is 1.95 bits per heavy atom. The SMILES string of the molecule is CC(C)[Si](Oc1cccc(CBr)c1)(C(C)C)C(C)C. The molecular formula is C16H27BrOSi. The van der Waals surface area contributed by atoms with Crippen LogP contribution in [0.15, 0.2) is 24.3 Å². The van der Waals surface area contributed by atoms with Crippen molar-refractivity contribution in [2.45, 2.75) is 63.5 Å². The molecule has 0 amide bonds. The van der Waals surface area contributed by atoms with Crippen molar-refractivity contribution in [3.63, 3.8) is 0 Å². The average Bonchev–Trinajstić information content (AvgIpc) is 2.34. The molecule has 0 heterocycles. The van der Waals surface area contributed by atoms with Crippen molar-refractivity contribution in [2.75, 3.05) is 0 Å². The third kappa shape index (κ3) is 3.63. The van der Waals surface area contributed by atoms with Gasteiger partial charge in [0.15, 0.2) is 0 Å². The van der Waals surface area contributed by atoms with Crippen LogP contribution >= 0.6 is 15.9 Å². The summed E-state index contributed by atoms with van der Waals surface area (Å²) in [6.45, 7) is 13.9. The average molecular weight is 343 g/mol. The van der Waals surface area contributed by atoms with Gasteiger partial charge in [0.25, 0.3) is 8.32 Å². The van der Waals surface area contributed by atoms with Gasteiger partial charge in [0, 0.05) is 5.33 Å². The molecule has 1 rings (SSSR count). The summed E-state index contributed by atoms with van der Waals surface area (Å²) < 4.78 is 6.65. The first-order chi connectivity index (χ1) is 8.84. The lowest BCUT2D eigenvalue weighted by Gasteiger charge is -2.42. The minimum absolute atomic E-state index is 0.611. The van der Waals surface area contributed by atoms with Gasteiger partial charge in [-0.2, -0.15) is 0 Å². The van der Waals surface area contributed by atoms with E-state index in [0.717, 1.165) is 11.1 Å². The van der Waals surface area contributed by atoms with Crippen LogP contribution in [0, 0.1) is 0 Å². The molecule has 108 valence electrons. The van der Waals surface area contributed by atoms with Gasteiger partial charge in [0.05, 0.1) is 0 Å². The van der Waals surface area contributed by atoms with Crippen molar-refractivity contribution >= 4 is 24.2 Å². The molecule has 19 heavy (non-hydrogen) atoms. The maximum absolute atomic E-state index is 6.65. The van der Waals surface area contributed by atoms with Crippen molar-refractivity contribution < 1.29 is 4.43 Å². The van der Waals surface area contributed by atoms with E-state index >= 15 is 0 Å². The molecular weight excluding hydrogens is 316 g/mol. The Balaban J connectivity index is 3.13. The van der Waals surface area contributed by atoms with Crippen LogP contribution < -0.4 is 4.43 Å². The fraction of sp³-hybridized carbons (Fsp3) is 0.625. The summed E-state index contributed by atoms with van der Waals surface area (Å²) in [5.41, 5.74) is 3.11. The Morgan fingerprint density at radius 2 is 1.53 bits per heavy atom. The highest BCUT2D eigenvalue weighted by Crippen LogP contribution is 2.42. The van der Waals surface area contributed by atoms with Crippen molar-refractivity contribution in [1.82, 2.24) is 0 Å². The van der Waals surface area contributed by atoms with Gasteiger partial charge in [-0.05, 0) is 34.3 Å². The van der Waals surface area contributed by atoms with Crippen LogP contribution in [-0.2, 0) is 5.33 Å². The van der Waals surface area contributed by atoms with Gasteiger partial charge in [-0.3, -0.25) is 0 Å². The number of hydrogen-bond acceptors (Lipinski definition) is 1. The van der Waals surface area contributed by atoms with E-state index in [0.29, 0.717) is 16.6 Å². The van der Waals surface area contributed by atoms with Crippen LogP contribution in [0.4, 0.5) is 0 Å². The van der Waals surface area contributed by atoms with E-state index < -0.39 is 8.32 Å². The summed E-state index contributed by atoms with van der Waals surface area (Å²) in [5.74, 6) is 1.04. The summed E-state index contributed by atoms with van der Waals surface area (Å²) >= 11 is 3.51. The van der Waals surface area contributed by atoms with Crippen molar-refractivity contribution in [3.05, 3.63) is 29.8 Å². The molecule has 3 heteroatoms. The lowest BCUT2D eigenvalue weighted by Crippen LogP contribution is -2.50. The maximum atomic E-state index is 6.65. The van der Waals surface area contributed by atoms with Crippen LogP contribution in [0.3, 0.4) is 0 Å². The molecule has 0 N–H and O–H groups in total. The van der Waals surface area contributed by atoms with E-state index in [1.807, 2.05) is 0 Å². The molecule has 0 atom stereocenters. The number of rotatable bonds is 6. The van der Waals surface area contributed by atoms with Gasteiger partial charge in [0.1, 0.15) is 5.75 Å². The van der Waals surface area contributed by atoms with Gasteiger partial charge in [-0.25, -0.2) is 0 Å². The third-order valence-corrected chi connectivity index (χ3v) is 10.7. The molecule has 0 aliphatic heterocycles. The molecule has 0 bridgehead atoms. The summed E-state index contributed by atoms with van der Waals surface area (Å²) in [6, 6.07) is 8.49. The Morgan fingerprint density at radius 1 is 1.00 bits per heavy atom. The molecule has 1 aromatic carbocycles. The standard InChI is InChI=1S/C16H27BrOSi/c1-12(2)19(13(3)4,14(5)6)18-16-9-7-8-15(10-16)11-17/h7-10,12-14H,11H2,1-6H3. The highest BCUT2D eigenvalue weighted by Gasteiger charge is 2.46. The molecule has 0 unspecified atom stereocenters. The van der Waals surface area contributed by atoms with Crippen molar-refractivity contribution in [3.8, 4) is 5.75 Å². The summed E-state index contributed by atoms with van der Waals surface area (Å²) in [7, 11) is -1.82. The molecule has 0 saturated heterocycles. The van der Waals surface area contributed by atoms with E-state index in [2.05, 4.69) is 81.7 Å². The minimum Gasteiger partial charge on any atom is -0.543 e. The first kappa shape index (κ1) is 16.8. The number of halogens is 1. The van der Waals surface area contributed by atoms with E-state index in [-0.39, 0.29) is 0 Å². The molecule has 1 nitrogen and oxygen atoms in total. The zero-order chi connectivity index (χ0) is 14.6. The highest BCUT2D eigenvalue weighted by atomic mass is 79.9. The highest BCUT2D eigenvalue weighted by molar-refractivity contribution is 9.08. The van der Waals surface area contributed by atoms with Crippen LogP contribution in [0.5, 0.6) is 5.75 Å². The molecule has 1 aromatic rings. The zero-order valence-electron chi connectivity index (χ0n) is 13.0. The van der Waals surface area contributed by atoms with E-state index in [9.17, 15) is 0 Å². The Bertz CT molecular complexity index is 380. The maximum Gasteiger partial charge on any atom is 0.258 e. The van der Waals surface area contributed by atoms with Gasteiger partial charge in [-0.1, -0.05) is 69.6 Å². The molecule has 0 aliphatic carbocycles. The van der Waals surface area contributed by atoms with Gasteiger partial charge in [0.2, 0.25) is 0 Å². The van der Waals surface area contributed by atoms with E-state index in [1.165, 1.54) is 5.56 Å². The molecule has 0 saturated carbocycles. The quantitative estimate of drug-likeness (QED) is 0.445. The van der Waals surface area contributed by atoms with Crippen LogP contribution in [-0.4, -0.2) is 8.32 Å². The molecule has 0 aromatic heterocycles. The van der Waals surface area contributed by atoms with Gasteiger partial charge in [-0.15, -0.1) is 0 Å². The second-order valence-electron chi connectivity index (χ2n) is 6.20. The van der Waals surface area contributed by atoms with Crippen LogP contribution in [0.25, 0.3) is 0 Å². The summed E-state index contributed by atoms with van der Waals surface area (Å²) in [4.78, 5) is 0. The lowest BCUT2D eigenvalue weighted by molar-refractivity contribution is 0.479. The largest absolute Gasteiger partial charge is 0.543 e. The number of alkyl halides is 1. The summed E-state index contributed by atoms with van der Waals surface area (Å²) in [5, 5.41) is 0.879. The fourth-order valence-electron chi connectivity index (χ4n) is 3.25. The Hall–Kier alpha value is -0.283. The second-order valence-corrected chi connectivity index (χ2v) is 12.1. The molecule has 0 radical (unpaired) electrons. The fourth-order valence-corrected chi connectivity index (χ4v) is 8.84. The van der Waals surface area contributed by atoms with Crippen molar-refractivity contribution in [1.29, 1.82) is 0 Å². The Labute approximate surface area is 128 Å². The van der Waals surface area contributed by atoms with Gasteiger partial charge >= 0.3 is 0 Å². The van der Waals surface area contributed by atoms with Crippen molar-refractivity contribution in [2.24, 2.45) is 0 Å². The third-order valence-electron chi connectivity index (χ3n) is 4.05. The topological polar surface area (TPSA) is 9.23 Å². The number of benzene rings is 1. The smallest absolute Gasteiger partial charge is 0.258 e. The number of hydrogen-bond donors (Lipinski definition) is 0. The lowest BCUT2D eigenvalue weighted by atomic mass is 10.2. The monoisotopic (exact) mass is 342 g/mol. The zero-order valence-corrected chi connectivity index (χ0v) is 15.6. The molecule has 0 spiro atoms. The second kappa shape index (κ2) is 6.94. The van der Waals surface area contributed by atoms with Crippen LogP contribution in [0.1, 0.15) is 47.1 Å². The summed E-state index contributed by atoms with van der Waals surface area (Å²) in [6.07, 6.45) is 0. The molecule has 0 fully saturated rings. The predicted octanol–water partition coefficient (Wildman–Crippen LogP) is 6.14. The minimum atomic E-state index is -1.82. The predicted molar refractivity (Wildman–Crippen MR) is 90.7 cm³/mol. The van der Waals surface area contributed by atoms with Crippen LogP contribution in [0.2, 0.25) is 16.6 Å². The molecule has 0 aliphatic rings. The van der Waals surface area contributed by atoms with E-state index in [4.69, 9.17) is 4.43 Å². The van der Waals surface area contributed by atoms with E-state index in [1.54, 1.807) is 0 Å². The first-order valence-corrected chi connectivity index (χ1v) is 10.4.